The van der Waals surface area contributed by atoms with E-state index in [1.54, 1.807) is 24.0 Å². The molecule has 19 heavy (non-hydrogen) atoms. The van der Waals surface area contributed by atoms with E-state index in [1.807, 2.05) is 20.8 Å². The Labute approximate surface area is 111 Å². The third-order valence-corrected chi connectivity index (χ3v) is 2.80. The van der Waals surface area contributed by atoms with Gasteiger partial charge >= 0.3 is 5.97 Å². The summed E-state index contributed by atoms with van der Waals surface area (Å²) in [7, 11) is 0. The number of anilines is 1. The van der Waals surface area contributed by atoms with Gasteiger partial charge in [-0.05, 0) is 33.8 Å². The van der Waals surface area contributed by atoms with Crippen molar-refractivity contribution in [1.82, 2.24) is 0 Å². The number of carboxylic acids is 1. The van der Waals surface area contributed by atoms with Crippen molar-refractivity contribution in [1.29, 1.82) is 0 Å². The normalized spacial score (nSPS) is 11.2. The van der Waals surface area contributed by atoms with Crippen LogP contribution in [0.2, 0.25) is 0 Å². The highest BCUT2D eigenvalue weighted by Crippen LogP contribution is 2.29. The Morgan fingerprint density at radius 3 is 2.42 bits per heavy atom. The van der Waals surface area contributed by atoms with E-state index in [2.05, 4.69) is 0 Å². The number of carboxylic acid groups (broad SMARTS) is 1. The molecule has 104 valence electrons. The number of nitrogens with zero attached hydrogens (tertiary/aromatic N) is 2. The molecule has 0 bridgehead atoms. The predicted octanol–water partition coefficient (Wildman–Crippen LogP) is 2.59. The minimum absolute atomic E-state index is 0.00265. The van der Waals surface area contributed by atoms with Crippen molar-refractivity contribution in [3.05, 3.63) is 33.9 Å². The van der Waals surface area contributed by atoms with Gasteiger partial charge in [-0.1, -0.05) is 6.07 Å². The van der Waals surface area contributed by atoms with Crippen LogP contribution in [0, 0.1) is 17.0 Å². The highest BCUT2D eigenvalue weighted by molar-refractivity contribution is 5.75. The van der Waals surface area contributed by atoms with Crippen LogP contribution in [-0.2, 0) is 4.79 Å². The molecule has 1 aromatic carbocycles. The van der Waals surface area contributed by atoms with Gasteiger partial charge in [-0.3, -0.25) is 14.9 Å². The Bertz CT molecular complexity index is 506. The van der Waals surface area contributed by atoms with Gasteiger partial charge < -0.3 is 10.0 Å². The van der Waals surface area contributed by atoms with E-state index in [0.29, 0.717) is 11.3 Å². The maximum atomic E-state index is 10.9. The van der Waals surface area contributed by atoms with E-state index in [1.165, 1.54) is 6.07 Å². The monoisotopic (exact) mass is 266 g/mol. The van der Waals surface area contributed by atoms with Crippen LogP contribution in [0.3, 0.4) is 0 Å². The Balaban J connectivity index is 3.27. The smallest absolute Gasteiger partial charge is 0.323 e. The van der Waals surface area contributed by atoms with Crippen molar-refractivity contribution in [3.8, 4) is 0 Å². The van der Waals surface area contributed by atoms with Crippen molar-refractivity contribution >= 4 is 17.3 Å². The molecular weight excluding hydrogens is 248 g/mol. The lowest BCUT2D eigenvalue weighted by molar-refractivity contribution is -0.385. The summed E-state index contributed by atoms with van der Waals surface area (Å²) in [5.74, 6) is -0.974. The number of hydrogen-bond donors (Lipinski definition) is 1. The molecule has 0 heterocycles. The van der Waals surface area contributed by atoms with E-state index < -0.39 is 16.4 Å². The molecule has 0 aliphatic rings. The zero-order valence-electron chi connectivity index (χ0n) is 11.5. The molecule has 1 N–H and O–H groups in total. The zero-order chi connectivity index (χ0) is 14.8. The minimum Gasteiger partial charge on any atom is -0.480 e. The molecule has 0 atom stereocenters. The minimum atomic E-state index is -0.974. The first-order valence-electron chi connectivity index (χ1n) is 5.87. The van der Waals surface area contributed by atoms with Gasteiger partial charge in [0.25, 0.3) is 5.69 Å². The van der Waals surface area contributed by atoms with Crippen LogP contribution in [0.25, 0.3) is 0 Å². The summed E-state index contributed by atoms with van der Waals surface area (Å²) < 4.78 is 0. The largest absolute Gasteiger partial charge is 0.480 e. The summed E-state index contributed by atoms with van der Waals surface area (Å²) in [6.45, 7) is 7.04. The molecular formula is C13H18N2O4. The molecule has 0 aromatic heterocycles. The summed E-state index contributed by atoms with van der Waals surface area (Å²) in [4.78, 5) is 23.0. The number of nitro groups is 1. The van der Waals surface area contributed by atoms with Gasteiger partial charge in [-0.15, -0.1) is 0 Å². The molecule has 0 aliphatic carbocycles. The van der Waals surface area contributed by atoms with Crippen LogP contribution in [0.4, 0.5) is 11.4 Å². The summed E-state index contributed by atoms with van der Waals surface area (Å²) in [6.07, 6.45) is 0. The first-order valence-corrected chi connectivity index (χ1v) is 5.87. The van der Waals surface area contributed by atoms with Crippen molar-refractivity contribution in [2.24, 2.45) is 0 Å². The summed E-state index contributed by atoms with van der Waals surface area (Å²) >= 11 is 0. The summed E-state index contributed by atoms with van der Waals surface area (Å²) in [5, 5.41) is 19.9. The van der Waals surface area contributed by atoms with Crippen LogP contribution in [0.15, 0.2) is 18.2 Å². The first-order chi connectivity index (χ1) is 8.62. The lowest BCUT2D eigenvalue weighted by atomic mass is 10.0. The highest BCUT2D eigenvalue weighted by atomic mass is 16.6. The van der Waals surface area contributed by atoms with Crippen LogP contribution >= 0.6 is 0 Å². The fraction of sp³-hybridized carbons (Fsp3) is 0.462. The quantitative estimate of drug-likeness (QED) is 0.669. The average molecular weight is 266 g/mol. The fourth-order valence-corrected chi connectivity index (χ4v) is 1.81. The average Bonchev–Trinajstić information content (AvgIpc) is 2.24. The number of aryl methyl sites for hydroxylation is 1. The van der Waals surface area contributed by atoms with Crippen molar-refractivity contribution in [2.45, 2.75) is 33.2 Å². The standard InChI is InChI=1S/C13H18N2O4/c1-9-5-6-10(7-11(9)15(18)19)14(8-12(16)17)13(2,3)4/h5-7H,8H2,1-4H3,(H,16,17). The fourth-order valence-electron chi connectivity index (χ4n) is 1.81. The SMILES string of the molecule is Cc1ccc(N(CC(=O)O)C(C)(C)C)cc1[N+](=O)[O-]. The molecule has 1 aromatic rings. The molecule has 0 fully saturated rings. The Hall–Kier alpha value is -2.11. The van der Waals surface area contributed by atoms with Crippen LogP contribution in [-0.4, -0.2) is 28.1 Å². The van der Waals surface area contributed by atoms with Crippen LogP contribution in [0.5, 0.6) is 0 Å². The van der Waals surface area contributed by atoms with E-state index in [0.717, 1.165) is 0 Å². The Morgan fingerprint density at radius 1 is 1.42 bits per heavy atom. The lowest BCUT2D eigenvalue weighted by Crippen LogP contribution is -2.44. The summed E-state index contributed by atoms with van der Waals surface area (Å²) in [6, 6.07) is 4.76. The van der Waals surface area contributed by atoms with Gasteiger partial charge in [0, 0.05) is 22.9 Å². The molecule has 0 aliphatic heterocycles. The van der Waals surface area contributed by atoms with E-state index in [4.69, 9.17) is 5.11 Å². The molecule has 0 amide bonds. The lowest BCUT2D eigenvalue weighted by Gasteiger charge is -2.36. The topological polar surface area (TPSA) is 83.7 Å². The highest BCUT2D eigenvalue weighted by Gasteiger charge is 2.25. The molecule has 6 nitrogen and oxygen atoms in total. The van der Waals surface area contributed by atoms with Crippen molar-refractivity contribution < 1.29 is 14.8 Å². The third kappa shape index (κ3) is 3.67. The second-order valence-electron chi connectivity index (χ2n) is 5.38. The first kappa shape index (κ1) is 14.9. The predicted molar refractivity (Wildman–Crippen MR) is 72.6 cm³/mol. The van der Waals surface area contributed by atoms with Gasteiger partial charge in [-0.2, -0.15) is 0 Å². The van der Waals surface area contributed by atoms with Gasteiger partial charge in [0.15, 0.2) is 0 Å². The molecule has 0 unspecified atom stereocenters. The number of benzene rings is 1. The Kier molecular flexibility index (Phi) is 4.14. The van der Waals surface area contributed by atoms with E-state index in [-0.39, 0.29) is 12.2 Å². The van der Waals surface area contributed by atoms with Gasteiger partial charge in [-0.25, -0.2) is 0 Å². The molecule has 0 saturated heterocycles. The number of nitro benzene ring substituents is 1. The molecule has 0 spiro atoms. The summed E-state index contributed by atoms with van der Waals surface area (Å²) in [5.41, 5.74) is 0.642. The second-order valence-corrected chi connectivity index (χ2v) is 5.38. The number of carbonyl (C=O) groups is 1. The maximum Gasteiger partial charge on any atom is 0.323 e. The van der Waals surface area contributed by atoms with Crippen molar-refractivity contribution in [3.63, 3.8) is 0 Å². The van der Waals surface area contributed by atoms with E-state index >= 15 is 0 Å². The molecule has 6 heteroatoms. The van der Waals surface area contributed by atoms with Crippen molar-refractivity contribution in [2.75, 3.05) is 11.4 Å². The van der Waals surface area contributed by atoms with Gasteiger partial charge in [0.2, 0.25) is 0 Å². The maximum absolute atomic E-state index is 10.9. The van der Waals surface area contributed by atoms with Crippen LogP contribution in [0.1, 0.15) is 26.3 Å². The second kappa shape index (κ2) is 5.26. The Morgan fingerprint density at radius 2 is 2.00 bits per heavy atom. The zero-order valence-corrected chi connectivity index (χ0v) is 11.5. The van der Waals surface area contributed by atoms with E-state index in [9.17, 15) is 14.9 Å². The number of aliphatic carboxylic acids is 1. The molecule has 1 rings (SSSR count). The third-order valence-electron chi connectivity index (χ3n) is 2.80. The van der Waals surface area contributed by atoms with Gasteiger partial charge in [0.1, 0.15) is 6.54 Å². The van der Waals surface area contributed by atoms with Crippen LogP contribution < -0.4 is 4.90 Å². The molecule has 0 saturated carbocycles. The molecule has 0 radical (unpaired) electrons. The number of hydrogen-bond acceptors (Lipinski definition) is 4. The van der Waals surface area contributed by atoms with Gasteiger partial charge in [0.05, 0.1) is 4.92 Å². The number of rotatable bonds is 4.